The minimum absolute atomic E-state index is 0.0495. The summed E-state index contributed by atoms with van der Waals surface area (Å²) in [7, 11) is 0. The Morgan fingerprint density at radius 2 is 1.95 bits per heavy atom. The van der Waals surface area contributed by atoms with Crippen LogP contribution in [0.1, 0.15) is 48.9 Å². The zero-order valence-corrected chi connectivity index (χ0v) is 13.0. The summed E-state index contributed by atoms with van der Waals surface area (Å²) in [4.78, 5) is 14.8. The summed E-state index contributed by atoms with van der Waals surface area (Å²) >= 11 is 3.31. The van der Waals surface area contributed by atoms with E-state index in [0.717, 1.165) is 19.4 Å². The van der Waals surface area contributed by atoms with E-state index in [-0.39, 0.29) is 11.7 Å². The normalized spacial score (nSPS) is 26.2. The fraction of sp³-hybridized carbons (Fsp3) is 0.562. The molecule has 0 bridgehead atoms. The number of hydrogen-bond acceptors (Lipinski definition) is 1. The van der Waals surface area contributed by atoms with Crippen molar-refractivity contribution < 1.29 is 9.18 Å². The first-order chi connectivity index (χ1) is 9.66. The van der Waals surface area contributed by atoms with E-state index in [0.29, 0.717) is 22.0 Å². The first kappa shape index (κ1) is 14.1. The summed E-state index contributed by atoms with van der Waals surface area (Å²) in [6.45, 7) is 0.837. The van der Waals surface area contributed by atoms with Gasteiger partial charge in [-0.25, -0.2) is 4.39 Å². The van der Waals surface area contributed by atoms with Gasteiger partial charge in [0.25, 0.3) is 5.91 Å². The Hall–Kier alpha value is -0.900. The van der Waals surface area contributed by atoms with E-state index in [1.54, 1.807) is 6.07 Å². The van der Waals surface area contributed by atoms with E-state index in [1.165, 1.54) is 37.8 Å². The second kappa shape index (κ2) is 5.84. The number of amides is 1. The summed E-state index contributed by atoms with van der Waals surface area (Å²) < 4.78 is 13.7. The lowest BCUT2D eigenvalue weighted by Gasteiger charge is -2.44. The van der Waals surface area contributed by atoms with Gasteiger partial charge in [0.2, 0.25) is 0 Å². The number of fused-ring (bicyclic) bond motifs is 1. The number of carbonyl (C=O) groups is 1. The van der Waals surface area contributed by atoms with Crippen LogP contribution >= 0.6 is 15.9 Å². The van der Waals surface area contributed by atoms with Crippen molar-refractivity contribution in [2.24, 2.45) is 5.92 Å². The van der Waals surface area contributed by atoms with Crippen LogP contribution in [0.4, 0.5) is 4.39 Å². The highest BCUT2D eigenvalue weighted by Crippen LogP contribution is 2.36. The minimum atomic E-state index is -0.317. The van der Waals surface area contributed by atoms with Gasteiger partial charge in [0, 0.05) is 17.1 Å². The molecule has 108 valence electrons. The van der Waals surface area contributed by atoms with Crippen molar-refractivity contribution in [3.05, 3.63) is 34.1 Å². The maximum absolute atomic E-state index is 13.2. The zero-order chi connectivity index (χ0) is 14.1. The fourth-order valence-electron chi connectivity index (χ4n) is 3.69. The van der Waals surface area contributed by atoms with E-state index in [4.69, 9.17) is 0 Å². The number of halogens is 2. The standard InChI is InChI=1S/C16H19BrFNO/c17-14-10-12(18)7-8-13(14)16(20)19-9-3-5-11-4-1-2-6-15(11)19/h7-8,10-11,15H,1-6,9H2. The van der Waals surface area contributed by atoms with Gasteiger partial charge in [-0.05, 0) is 65.7 Å². The molecule has 1 aliphatic heterocycles. The van der Waals surface area contributed by atoms with Gasteiger partial charge in [0.15, 0.2) is 0 Å². The van der Waals surface area contributed by atoms with Crippen molar-refractivity contribution in [3.8, 4) is 0 Å². The van der Waals surface area contributed by atoms with Crippen molar-refractivity contribution >= 4 is 21.8 Å². The van der Waals surface area contributed by atoms with Crippen LogP contribution in [0.25, 0.3) is 0 Å². The van der Waals surface area contributed by atoms with Crippen LogP contribution in [0.3, 0.4) is 0 Å². The number of piperidine rings is 1. The minimum Gasteiger partial charge on any atom is -0.335 e. The third-order valence-electron chi connectivity index (χ3n) is 4.67. The lowest BCUT2D eigenvalue weighted by Crippen LogP contribution is -2.49. The van der Waals surface area contributed by atoms with Gasteiger partial charge >= 0.3 is 0 Å². The molecule has 0 N–H and O–H groups in total. The average molecular weight is 340 g/mol. The molecule has 1 aliphatic carbocycles. The summed E-state index contributed by atoms with van der Waals surface area (Å²) in [6.07, 6.45) is 7.22. The van der Waals surface area contributed by atoms with Crippen LogP contribution in [-0.4, -0.2) is 23.4 Å². The summed E-state index contributed by atoms with van der Waals surface area (Å²) in [6, 6.07) is 4.71. The van der Waals surface area contributed by atoms with Gasteiger partial charge in [-0.3, -0.25) is 4.79 Å². The predicted octanol–water partition coefficient (Wildman–Crippen LogP) is 4.38. The molecule has 1 amide bonds. The number of benzene rings is 1. The maximum atomic E-state index is 13.2. The first-order valence-corrected chi connectivity index (χ1v) is 8.22. The highest BCUT2D eigenvalue weighted by molar-refractivity contribution is 9.10. The SMILES string of the molecule is O=C(c1ccc(F)cc1Br)N1CCCC2CCCCC21. The Balaban J connectivity index is 1.85. The maximum Gasteiger partial charge on any atom is 0.255 e. The van der Waals surface area contributed by atoms with Crippen molar-refractivity contribution in [1.29, 1.82) is 0 Å². The Bertz CT molecular complexity index is 517. The lowest BCUT2D eigenvalue weighted by atomic mass is 9.78. The third kappa shape index (κ3) is 2.62. The molecule has 2 unspecified atom stereocenters. The van der Waals surface area contributed by atoms with Crippen LogP contribution in [0.15, 0.2) is 22.7 Å². The molecule has 1 heterocycles. The fourth-order valence-corrected chi connectivity index (χ4v) is 4.22. The van der Waals surface area contributed by atoms with Gasteiger partial charge in [0.1, 0.15) is 5.82 Å². The molecule has 3 rings (SSSR count). The van der Waals surface area contributed by atoms with E-state index < -0.39 is 0 Å². The first-order valence-electron chi connectivity index (χ1n) is 7.43. The molecule has 2 atom stereocenters. The second-order valence-electron chi connectivity index (χ2n) is 5.88. The molecule has 0 aromatic heterocycles. The van der Waals surface area contributed by atoms with Crippen molar-refractivity contribution in [2.75, 3.05) is 6.54 Å². The van der Waals surface area contributed by atoms with Crippen molar-refractivity contribution in [3.63, 3.8) is 0 Å². The Morgan fingerprint density at radius 3 is 2.75 bits per heavy atom. The smallest absolute Gasteiger partial charge is 0.255 e. The van der Waals surface area contributed by atoms with Gasteiger partial charge in [0.05, 0.1) is 5.56 Å². The van der Waals surface area contributed by atoms with Crippen LogP contribution in [0.5, 0.6) is 0 Å². The van der Waals surface area contributed by atoms with Gasteiger partial charge in [-0.1, -0.05) is 12.8 Å². The number of carbonyl (C=O) groups excluding carboxylic acids is 1. The molecular weight excluding hydrogens is 321 g/mol. The number of likely N-dealkylation sites (tertiary alicyclic amines) is 1. The topological polar surface area (TPSA) is 20.3 Å². The molecule has 4 heteroatoms. The molecular formula is C16H19BrFNO. The molecule has 0 radical (unpaired) electrons. The zero-order valence-electron chi connectivity index (χ0n) is 11.4. The third-order valence-corrected chi connectivity index (χ3v) is 5.32. The van der Waals surface area contributed by atoms with Crippen LogP contribution in [-0.2, 0) is 0 Å². The van der Waals surface area contributed by atoms with Crippen molar-refractivity contribution in [1.82, 2.24) is 4.90 Å². The molecule has 0 spiro atoms. The number of rotatable bonds is 1. The molecule has 1 saturated carbocycles. The molecule has 20 heavy (non-hydrogen) atoms. The van der Waals surface area contributed by atoms with Gasteiger partial charge in [-0.15, -0.1) is 0 Å². The number of hydrogen-bond donors (Lipinski definition) is 0. The molecule has 1 aromatic carbocycles. The van der Waals surface area contributed by atoms with Gasteiger partial charge < -0.3 is 4.90 Å². The van der Waals surface area contributed by atoms with E-state index >= 15 is 0 Å². The molecule has 1 saturated heterocycles. The Kier molecular flexibility index (Phi) is 4.11. The molecule has 2 nitrogen and oxygen atoms in total. The predicted molar refractivity (Wildman–Crippen MR) is 80.1 cm³/mol. The van der Waals surface area contributed by atoms with E-state index in [9.17, 15) is 9.18 Å². The number of nitrogens with zero attached hydrogens (tertiary/aromatic N) is 1. The summed E-state index contributed by atoms with van der Waals surface area (Å²) in [5, 5.41) is 0. The van der Waals surface area contributed by atoms with Crippen LogP contribution < -0.4 is 0 Å². The quantitative estimate of drug-likeness (QED) is 0.743. The highest BCUT2D eigenvalue weighted by atomic mass is 79.9. The van der Waals surface area contributed by atoms with E-state index in [2.05, 4.69) is 15.9 Å². The van der Waals surface area contributed by atoms with Crippen LogP contribution in [0, 0.1) is 11.7 Å². The molecule has 1 aromatic rings. The Morgan fingerprint density at radius 1 is 1.20 bits per heavy atom. The Labute approximate surface area is 127 Å². The highest BCUT2D eigenvalue weighted by Gasteiger charge is 2.36. The largest absolute Gasteiger partial charge is 0.335 e. The lowest BCUT2D eigenvalue weighted by molar-refractivity contribution is 0.0390. The van der Waals surface area contributed by atoms with E-state index in [1.807, 2.05) is 4.90 Å². The second-order valence-corrected chi connectivity index (χ2v) is 6.73. The van der Waals surface area contributed by atoms with Crippen LogP contribution in [0.2, 0.25) is 0 Å². The van der Waals surface area contributed by atoms with Gasteiger partial charge in [-0.2, -0.15) is 0 Å². The van der Waals surface area contributed by atoms with Crippen molar-refractivity contribution in [2.45, 2.75) is 44.6 Å². The average Bonchev–Trinajstić information content (AvgIpc) is 2.46. The molecule has 2 aliphatic rings. The monoisotopic (exact) mass is 339 g/mol. The summed E-state index contributed by atoms with van der Waals surface area (Å²) in [5.74, 6) is 0.400. The molecule has 2 fully saturated rings. The summed E-state index contributed by atoms with van der Waals surface area (Å²) in [5.41, 5.74) is 0.581.